The maximum atomic E-state index is 13.5. The lowest BCUT2D eigenvalue weighted by atomic mass is 10.0. The van der Waals surface area contributed by atoms with Gasteiger partial charge in [0, 0.05) is 38.8 Å². The molecule has 0 aliphatic carbocycles. The van der Waals surface area contributed by atoms with Crippen LogP contribution in [0.25, 0.3) is 0 Å². The largest absolute Gasteiger partial charge is 0.390 e. The molecule has 0 bridgehead atoms. The average Bonchev–Trinajstić information content (AvgIpc) is 2.88. The number of benzene rings is 1. The van der Waals surface area contributed by atoms with Gasteiger partial charge in [-0.1, -0.05) is 19.1 Å². The van der Waals surface area contributed by atoms with Crippen LogP contribution < -0.4 is 0 Å². The highest BCUT2D eigenvalue weighted by molar-refractivity contribution is 5.21. The molecule has 0 spiro atoms. The van der Waals surface area contributed by atoms with Gasteiger partial charge in [0.15, 0.2) is 0 Å². The van der Waals surface area contributed by atoms with Crippen molar-refractivity contribution >= 4 is 0 Å². The van der Waals surface area contributed by atoms with Gasteiger partial charge < -0.3 is 9.84 Å². The fraction of sp³-hybridized carbons (Fsp3) is 0.667. The molecule has 2 fully saturated rings. The molecule has 0 radical (unpaired) electrons. The van der Waals surface area contributed by atoms with E-state index in [0.717, 1.165) is 44.8 Å². The molecule has 2 aliphatic heterocycles. The topological polar surface area (TPSA) is 35.9 Å². The Hall–Kier alpha value is -1.01. The summed E-state index contributed by atoms with van der Waals surface area (Å²) >= 11 is 0. The smallest absolute Gasteiger partial charge is 0.123 e. The molecule has 1 N–H and O–H groups in total. The molecule has 3 unspecified atom stereocenters. The number of aliphatic hydroxyl groups excluding tert-OH is 1. The number of ether oxygens (including phenoxy) is 1. The Labute approximate surface area is 137 Å². The maximum absolute atomic E-state index is 13.5. The summed E-state index contributed by atoms with van der Waals surface area (Å²) in [6, 6.07) is 7.09. The van der Waals surface area contributed by atoms with Crippen molar-refractivity contribution in [3.05, 3.63) is 35.6 Å². The van der Waals surface area contributed by atoms with Crippen molar-refractivity contribution in [2.24, 2.45) is 5.92 Å². The second kappa shape index (κ2) is 7.71. The van der Waals surface area contributed by atoms with E-state index in [4.69, 9.17) is 4.74 Å². The van der Waals surface area contributed by atoms with Crippen molar-refractivity contribution in [3.8, 4) is 0 Å². The highest BCUT2D eigenvalue weighted by Crippen LogP contribution is 2.35. The molecule has 2 saturated heterocycles. The summed E-state index contributed by atoms with van der Waals surface area (Å²) in [4.78, 5) is 4.56. The zero-order valence-electron chi connectivity index (χ0n) is 13.8. The lowest BCUT2D eigenvalue weighted by Crippen LogP contribution is -2.44. The van der Waals surface area contributed by atoms with Crippen LogP contribution in [0.1, 0.15) is 24.9 Å². The van der Waals surface area contributed by atoms with Gasteiger partial charge >= 0.3 is 0 Å². The Morgan fingerprint density at radius 1 is 1.30 bits per heavy atom. The summed E-state index contributed by atoms with van der Waals surface area (Å²) in [7, 11) is 0. The van der Waals surface area contributed by atoms with Crippen molar-refractivity contribution in [2.75, 3.05) is 45.9 Å². The lowest BCUT2D eigenvalue weighted by molar-refractivity contribution is 0.00568. The number of nitrogens with zero attached hydrogens (tertiary/aromatic N) is 2. The van der Waals surface area contributed by atoms with E-state index in [1.54, 1.807) is 12.1 Å². The summed E-state index contributed by atoms with van der Waals surface area (Å²) in [5, 5.41) is 10.5. The first-order valence-electron chi connectivity index (χ1n) is 8.59. The van der Waals surface area contributed by atoms with E-state index >= 15 is 0 Å². The molecular formula is C18H27FN2O2. The van der Waals surface area contributed by atoms with Crippen LogP contribution in [0.3, 0.4) is 0 Å². The molecule has 5 heteroatoms. The Morgan fingerprint density at radius 2 is 2.09 bits per heavy atom. The molecule has 0 amide bonds. The van der Waals surface area contributed by atoms with Gasteiger partial charge in [0.1, 0.15) is 5.82 Å². The highest BCUT2D eigenvalue weighted by Gasteiger charge is 2.32. The van der Waals surface area contributed by atoms with E-state index in [0.29, 0.717) is 19.0 Å². The molecule has 3 atom stereocenters. The fourth-order valence-electron chi connectivity index (χ4n) is 3.81. The maximum Gasteiger partial charge on any atom is 0.123 e. The lowest BCUT2D eigenvalue weighted by Gasteiger charge is -2.32. The van der Waals surface area contributed by atoms with Crippen molar-refractivity contribution in [1.82, 2.24) is 9.80 Å². The number of aliphatic hydroxyl groups is 1. The molecular weight excluding hydrogens is 295 g/mol. The first kappa shape index (κ1) is 16.8. The van der Waals surface area contributed by atoms with Crippen LogP contribution in [0.15, 0.2) is 24.3 Å². The van der Waals surface area contributed by atoms with E-state index in [2.05, 4.69) is 16.7 Å². The van der Waals surface area contributed by atoms with Crippen LogP contribution in [-0.4, -0.2) is 66.9 Å². The summed E-state index contributed by atoms with van der Waals surface area (Å²) in [6.07, 6.45) is 0.641. The van der Waals surface area contributed by atoms with E-state index in [1.165, 1.54) is 6.07 Å². The van der Waals surface area contributed by atoms with Gasteiger partial charge in [-0.3, -0.25) is 9.80 Å². The monoisotopic (exact) mass is 322 g/mol. The third-order valence-electron chi connectivity index (χ3n) is 4.86. The Balaban J connectivity index is 1.60. The predicted molar refractivity (Wildman–Crippen MR) is 87.8 cm³/mol. The van der Waals surface area contributed by atoms with Gasteiger partial charge in [0.05, 0.1) is 19.3 Å². The molecule has 3 rings (SSSR count). The fourth-order valence-corrected chi connectivity index (χ4v) is 3.81. The van der Waals surface area contributed by atoms with E-state index in [9.17, 15) is 9.50 Å². The number of hydrogen-bond acceptors (Lipinski definition) is 4. The van der Waals surface area contributed by atoms with Crippen LogP contribution in [-0.2, 0) is 4.74 Å². The van der Waals surface area contributed by atoms with E-state index in [-0.39, 0.29) is 18.0 Å². The Kier molecular flexibility index (Phi) is 5.64. The van der Waals surface area contributed by atoms with Crippen LogP contribution in [0.2, 0.25) is 0 Å². The van der Waals surface area contributed by atoms with Crippen LogP contribution in [0.4, 0.5) is 4.39 Å². The summed E-state index contributed by atoms with van der Waals surface area (Å²) in [5.41, 5.74) is 1.02. The minimum Gasteiger partial charge on any atom is -0.390 e. The standard InChI is InChI=1S/C18H27FN2O2/c1-14-9-18(15-3-2-4-16(19)10-15)21(11-14)13-17(22)12-20-5-7-23-8-6-20/h2-4,10,14,17-18,22H,5-9,11-13H2,1H3. The third kappa shape index (κ3) is 4.51. The number of rotatable bonds is 5. The predicted octanol–water partition coefficient (Wildman–Crippen LogP) is 1.90. The number of hydrogen-bond donors (Lipinski definition) is 1. The molecule has 2 aliphatic rings. The quantitative estimate of drug-likeness (QED) is 0.898. The van der Waals surface area contributed by atoms with Crippen molar-refractivity contribution in [2.45, 2.75) is 25.5 Å². The molecule has 1 aromatic carbocycles. The van der Waals surface area contributed by atoms with Gasteiger partial charge in [-0.25, -0.2) is 4.39 Å². The van der Waals surface area contributed by atoms with Gasteiger partial charge in [-0.05, 0) is 30.0 Å². The average molecular weight is 322 g/mol. The second-order valence-electron chi connectivity index (χ2n) is 6.93. The van der Waals surface area contributed by atoms with Gasteiger partial charge in [-0.15, -0.1) is 0 Å². The number of β-amino-alcohol motifs (C(OH)–C–C–N with tert-alkyl or cyclic N) is 1. The van der Waals surface area contributed by atoms with Gasteiger partial charge in [0.2, 0.25) is 0 Å². The minimum atomic E-state index is -0.380. The van der Waals surface area contributed by atoms with E-state index < -0.39 is 0 Å². The molecule has 0 aromatic heterocycles. The highest BCUT2D eigenvalue weighted by atomic mass is 19.1. The summed E-state index contributed by atoms with van der Waals surface area (Å²) < 4.78 is 18.9. The van der Waals surface area contributed by atoms with Crippen LogP contribution >= 0.6 is 0 Å². The first-order valence-corrected chi connectivity index (χ1v) is 8.59. The first-order chi connectivity index (χ1) is 11.1. The van der Waals surface area contributed by atoms with Crippen LogP contribution in [0.5, 0.6) is 0 Å². The molecule has 1 aromatic rings. The van der Waals surface area contributed by atoms with Gasteiger partial charge in [0.25, 0.3) is 0 Å². The Bertz CT molecular complexity index is 508. The third-order valence-corrected chi connectivity index (χ3v) is 4.86. The molecule has 0 saturated carbocycles. The molecule has 23 heavy (non-hydrogen) atoms. The van der Waals surface area contributed by atoms with Crippen molar-refractivity contribution in [1.29, 1.82) is 0 Å². The van der Waals surface area contributed by atoms with Crippen LogP contribution in [0, 0.1) is 11.7 Å². The minimum absolute atomic E-state index is 0.184. The normalized spacial score (nSPS) is 28.1. The zero-order valence-corrected chi connectivity index (χ0v) is 13.8. The van der Waals surface area contributed by atoms with Crippen molar-refractivity contribution < 1.29 is 14.2 Å². The molecule has 128 valence electrons. The number of likely N-dealkylation sites (tertiary alicyclic amines) is 1. The SMILES string of the molecule is CC1CC(c2cccc(F)c2)N(CC(O)CN2CCOCC2)C1. The van der Waals surface area contributed by atoms with Gasteiger partial charge in [-0.2, -0.15) is 0 Å². The molecule has 4 nitrogen and oxygen atoms in total. The molecule has 2 heterocycles. The summed E-state index contributed by atoms with van der Waals surface area (Å²) in [6.45, 7) is 7.79. The Morgan fingerprint density at radius 3 is 2.83 bits per heavy atom. The number of halogens is 1. The second-order valence-corrected chi connectivity index (χ2v) is 6.93. The summed E-state index contributed by atoms with van der Waals surface area (Å²) in [5.74, 6) is 0.384. The zero-order chi connectivity index (χ0) is 16.2. The van der Waals surface area contributed by atoms with E-state index in [1.807, 2.05) is 6.07 Å². The van der Waals surface area contributed by atoms with Crippen molar-refractivity contribution in [3.63, 3.8) is 0 Å². The number of morpholine rings is 1.